The van der Waals surface area contributed by atoms with Gasteiger partial charge in [-0.2, -0.15) is 0 Å². The van der Waals surface area contributed by atoms with Crippen molar-refractivity contribution in [2.45, 2.75) is 26.2 Å². The number of rotatable bonds is 0. The standard InChI is InChI=1S/C11H13O/c1-9-3-2-6-11(9)7-4-10(12)5-8-11/h4-5,7-8H,2-3,6H2,1H3/q+1. The van der Waals surface area contributed by atoms with Gasteiger partial charge in [-0.1, -0.05) is 0 Å². The molecule has 2 rings (SSSR count). The van der Waals surface area contributed by atoms with Crippen molar-refractivity contribution < 1.29 is 4.79 Å². The second-order valence-electron chi connectivity index (χ2n) is 3.74. The molecular formula is C11H13O+. The predicted molar refractivity (Wildman–Crippen MR) is 48.5 cm³/mol. The molecule has 1 heteroatoms. The van der Waals surface area contributed by atoms with Gasteiger partial charge in [0.05, 0.1) is 13.3 Å². The Morgan fingerprint density at radius 2 is 2.08 bits per heavy atom. The summed E-state index contributed by atoms with van der Waals surface area (Å²) in [4.78, 5) is 10.9. The predicted octanol–water partition coefficient (Wildman–Crippen LogP) is 2.45. The summed E-state index contributed by atoms with van der Waals surface area (Å²) in [6.45, 7) is 2.19. The second kappa shape index (κ2) is 2.51. The highest BCUT2D eigenvalue weighted by atomic mass is 16.1. The van der Waals surface area contributed by atoms with Crippen molar-refractivity contribution in [3.05, 3.63) is 30.2 Å². The van der Waals surface area contributed by atoms with Crippen LogP contribution >= 0.6 is 0 Å². The SMILES string of the molecule is C[C+]1CCCC12C=CC(=O)C=C2. The Hall–Kier alpha value is -0.980. The van der Waals surface area contributed by atoms with Crippen LogP contribution in [0, 0.1) is 11.3 Å². The zero-order valence-corrected chi connectivity index (χ0v) is 7.34. The molecule has 2 aliphatic carbocycles. The van der Waals surface area contributed by atoms with E-state index in [0.29, 0.717) is 0 Å². The minimum Gasteiger partial charge on any atom is -0.290 e. The lowest BCUT2D eigenvalue weighted by Gasteiger charge is -2.18. The Kier molecular flexibility index (Phi) is 1.60. The van der Waals surface area contributed by atoms with Crippen LogP contribution in [0.1, 0.15) is 26.2 Å². The van der Waals surface area contributed by atoms with E-state index in [4.69, 9.17) is 0 Å². The first-order chi connectivity index (χ1) is 5.73. The van der Waals surface area contributed by atoms with Crippen LogP contribution in [0.3, 0.4) is 0 Å². The lowest BCUT2D eigenvalue weighted by atomic mass is 9.76. The van der Waals surface area contributed by atoms with Crippen LogP contribution in [-0.2, 0) is 4.79 Å². The van der Waals surface area contributed by atoms with E-state index in [9.17, 15) is 4.79 Å². The second-order valence-corrected chi connectivity index (χ2v) is 3.74. The molecule has 0 aromatic rings. The summed E-state index contributed by atoms with van der Waals surface area (Å²) >= 11 is 0. The molecule has 0 unspecified atom stereocenters. The highest BCUT2D eigenvalue weighted by Gasteiger charge is 2.46. The van der Waals surface area contributed by atoms with Gasteiger partial charge in [-0.05, 0) is 30.7 Å². The minimum absolute atomic E-state index is 0.125. The molecule has 1 spiro atoms. The number of carbonyl (C=O) groups is 1. The highest BCUT2D eigenvalue weighted by Crippen LogP contribution is 2.47. The molecule has 12 heavy (non-hydrogen) atoms. The molecule has 0 aliphatic heterocycles. The van der Waals surface area contributed by atoms with Crippen LogP contribution in [0.25, 0.3) is 0 Å². The maximum absolute atomic E-state index is 10.9. The van der Waals surface area contributed by atoms with Gasteiger partial charge in [0, 0.05) is 6.42 Å². The molecule has 0 radical (unpaired) electrons. The largest absolute Gasteiger partial charge is 0.290 e. The third kappa shape index (κ3) is 1.01. The minimum atomic E-state index is 0.125. The van der Waals surface area contributed by atoms with Gasteiger partial charge >= 0.3 is 0 Å². The highest BCUT2D eigenvalue weighted by molar-refractivity contribution is 6.00. The molecule has 0 amide bonds. The average Bonchev–Trinajstić information content (AvgIpc) is 2.41. The third-order valence-corrected chi connectivity index (χ3v) is 3.03. The van der Waals surface area contributed by atoms with Crippen molar-refractivity contribution in [3.8, 4) is 0 Å². The summed E-state index contributed by atoms with van der Waals surface area (Å²) in [6, 6.07) is 0. The van der Waals surface area contributed by atoms with Gasteiger partial charge in [-0.25, -0.2) is 0 Å². The first-order valence-corrected chi connectivity index (χ1v) is 4.48. The van der Waals surface area contributed by atoms with Crippen LogP contribution in [-0.4, -0.2) is 5.78 Å². The van der Waals surface area contributed by atoms with Crippen LogP contribution in [0.2, 0.25) is 0 Å². The van der Waals surface area contributed by atoms with Crippen molar-refractivity contribution in [3.63, 3.8) is 0 Å². The van der Waals surface area contributed by atoms with Crippen molar-refractivity contribution in [1.29, 1.82) is 0 Å². The number of hydrogen-bond acceptors (Lipinski definition) is 1. The van der Waals surface area contributed by atoms with Gasteiger partial charge in [0.1, 0.15) is 11.3 Å². The fourth-order valence-electron chi connectivity index (χ4n) is 2.12. The average molecular weight is 161 g/mol. The number of hydrogen-bond donors (Lipinski definition) is 0. The normalized spacial score (nSPS) is 25.8. The van der Waals surface area contributed by atoms with E-state index in [-0.39, 0.29) is 11.2 Å². The maximum Gasteiger partial charge on any atom is 0.178 e. The van der Waals surface area contributed by atoms with Gasteiger partial charge in [0.25, 0.3) is 0 Å². The van der Waals surface area contributed by atoms with Gasteiger partial charge in [0.2, 0.25) is 0 Å². The lowest BCUT2D eigenvalue weighted by molar-refractivity contribution is -0.110. The molecule has 2 aliphatic rings. The van der Waals surface area contributed by atoms with Crippen molar-refractivity contribution >= 4 is 5.78 Å². The van der Waals surface area contributed by atoms with E-state index < -0.39 is 0 Å². The van der Waals surface area contributed by atoms with Crippen molar-refractivity contribution in [2.24, 2.45) is 5.41 Å². The van der Waals surface area contributed by atoms with Crippen LogP contribution in [0.5, 0.6) is 0 Å². The Morgan fingerprint density at radius 3 is 2.58 bits per heavy atom. The Balaban J connectivity index is 2.28. The summed E-state index contributed by atoms with van der Waals surface area (Å²) in [7, 11) is 0. The van der Waals surface area contributed by atoms with Gasteiger partial charge in [-0.15, -0.1) is 0 Å². The molecule has 62 valence electrons. The smallest absolute Gasteiger partial charge is 0.178 e. The summed E-state index contributed by atoms with van der Waals surface area (Å²) in [5, 5.41) is 0. The van der Waals surface area contributed by atoms with Gasteiger partial charge < -0.3 is 0 Å². The zero-order chi connectivity index (χ0) is 8.60. The maximum atomic E-state index is 10.9. The molecule has 0 aromatic heterocycles. The van der Waals surface area contributed by atoms with E-state index in [1.165, 1.54) is 25.2 Å². The molecule has 0 atom stereocenters. The molecule has 0 heterocycles. The molecule has 0 N–H and O–H groups in total. The molecule has 1 fully saturated rings. The molecule has 0 bridgehead atoms. The third-order valence-electron chi connectivity index (χ3n) is 3.03. The molecular weight excluding hydrogens is 148 g/mol. The Bertz CT molecular complexity index is 244. The van der Waals surface area contributed by atoms with Crippen molar-refractivity contribution in [2.75, 3.05) is 0 Å². The van der Waals surface area contributed by atoms with Crippen LogP contribution in [0.15, 0.2) is 24.3 Å². The van der Waals surface area contributed by atoms with Gasteiger partial charge in [0.15, 0.2) is 5.78 Å². The summed E-state index contributed by atoms with van der Waals surface area (Å²) in [5.41, 5.74) is 0.147. The van der Waals surface area contributed by atoms with E-state index in [0.717, 1.165) is 0 Å². The topological polar surface area (TPSA) is 17.1 Å². The number of allylic oxidation sites excluding steroid dienone is 4. The molecule has 0 aromatic carbocycles. The first-order valence-electron chi connectivity index (χ1n) is 4.48. The fraction of sp³-hybridized carbons (Fsp3) is 0.455. The molecule has 0 saturated heterocycles. The summed E-state index contributed by atoms with van der Waals surface area (Å²) < 4.78 is 0. The van der Waals surface area contributed by atoms with E-state index >= 15 is 0 Å². The van der Waals surface area contributed by atoms with Crippen LogP contribution < -0.4 is 0 Å². The van der Waals surface area contributed by atoms with Crippen molar-refractivity contribution in [1.82, 2.24) is 0 Å². The van der Waals surface area contributed by atoms with E-state index in [1.54, 1.807) is 12.2 Å². The van der Waals surface area contributed by atoms with Gasteiger partial charge in [-0.3, -0.25) is 4.79 Å². The quantitative estimate of drug-likeness (QED) is 0.499. The Morgan fingerprint density at radius 1 is 1.42 bits per heavy atom. The zero-order valence-electron chi connectivity index (χ0n) is 7.34. The van der Waals surface area contributed by atoms with Crippen LogP contribution in [0.4, 0.5) is 0 Å². The number of carbonyl (C=O) groups excluding carboxylic acids is 1. The molecule has 1 saturated carbocycles. The van der Waals surface area contributed by atoms with E-state index in [2.05, 4.69) is 19.1 Å². The van der Waals surface area contributed by atoms with E-state index in [1.807, 2.05) is 0 Å². The summed E-state index contributed by atoms with van der Waals surface area (Å²) in [5.74, 6) is 1.63. The number of ketones is 1. The lowest BCUT2D eigenvalue weighted by Crippen LogP contribution is -2.19. The fourth-order valence-corrected chi connectivity index (χ4v) is 2.12. The summed E-state index contributed by atoms with van der Waals surface area (Å²) in [6.07, 6.45) is 11.2. The Labute approximate surface area is 73.2 Å². The monoisotopic (exact) mass is 161 g/mol. The molecule has 1 nitrogen and oxygen atoms in total. The first kappa shape index (κ1) is 7.66.